The van der Waals surface area contributed by atoms with Crippen molar-refractivity contribution in [2.45, 2.75) is 57.5 Å². The summed E-state index contributed by atoms with van der Waals surface area (Å²) < 4.78 is 13.0. The molecule has 0 aromatic heterocycles. The van der Waals surface area contributed by atoms with E-state index in [1.54, 1.807) is 0 Å². The minimum absolute atomic E-state index is 0.0152. The first-order valence-electron chi connectivity index (χ1n) is 7.75. The fourth-order valence-corrected chi connectivity index (χ4v) is 3.01. The highest BCUT2D eigenvalue weighted by atomic mass is 19.1. The van der Waals surface area contributed by atoms with Gasteiger partial charge in [-0.05, 0) is 63.9 Å². The summed E-state index contributed by atoms with van der Waals surface area (Å²) in [5.41, 5.74) is 7.57. The van der Waals surface area contributed by atoms with Gasteiger partial charge >= 0.3 is 0 Å². The van der Waals surface area contributed by atoms with Crippen LogP contribution in [0.1, 0.15) is 45.1 Å². The predicted octanol–water partition coefficient (Wildman–Crippen LogP) is 3.35. The minimum atomic E-state index is -0.186. The summed E-state index contributed by atoms with van der Waals surface area (Å²) in [5, 5.41) is 0. The van der Waals surface area contributed by atoms with Gasteiger partial charge in [0.1, 0.15) is 5.82 Å². The molecule has 1 saturated heterocycles. The van der Waals surface area contributed by atoms with Crippen molar-refractivity contribution in [3.8, 4) is 0 Å². The van der Waals surface area contributed by atoms with Crippen molar-refractivity contribution in [1.29, 1.82) is 0 Å². The Bertz CT molecular complexity index is 406. The lowest BCUT2D eigenvalue weighted by molar-refractivity contribution is 0.0979. The number of rotatable bonds is 4. The molecule has 0 aliphatic carbocycles. The Morgan fingerprint density at radius 3 is 2.20 bits per heavy atom. The molecule has 0 amide bonds. The van der Waals surface area contributed by atoms with Crippen molar-refractivity contribution in [2.24, 2.45) is 5.73 Å². The second-order valence-corrected chi connectivity index (χ2v) is 6.49. The third-order valence-electron chi connectivity index (χ3n) is 4.70. The van der Waals surface area contributed by atoms with Gasteiger partial charge in [0.15, 0.2) is 0 Å². The van der Waals surface area contributed by atoms with Gasteiger partial charge in [-0.1, -0.05) is 25.0 Å². The van der Waals surface area contributed by atoms with Crippen molar-refractivity contribution < 1.29 is 4.39 Å². The van der Waals surface area contributed by atoms with E-state index in [0.717, 1.165) is 25.1 Å². The molecule has 0 radical (unpaired) electrons. The van der Waals surface area contributed by atoms with E-state index >= 15 is 0 Å². The Morgan fingerprint density at radius 1 is 1.10 bits per heavy atom. The Hall–Kier alpha value is -0.930. The molecule has 20 heavy (non-hydrogen) atoms. The quantitative estimate of drug-likeness (QED) is 0.915. The van der Waals surface area contributed by atoms with Gasteiger partial charge in [0.05, 0.1) is 0 Å². The van der Waals surface area contributed by atoms with E-state index in [1.807, 2.05) is 12.1 Å². The lowest BCUT2D eigenvalue weighted by Gasteiger charge is -2.42. The summed E-state index contributed by atoms with van der Waals surface area (Å²) in [6.45, 7) is 6.77. The summed E-state index contributed by atoms with van der Waals surface area (Å²) >= 11 is 0. The molecule has 112 valence electrons. The van der Waals surface area contributed by atoms with E-state index in [-0.39, 0.29) is 17.4 Å². The first kappa shape index (κ1) is 15.5. The lowest BCUT2D eigenvalue weighted by Crippen LogP contribution is -2.57. The molecule has 1 heterocycles. The largest absolute Gasteiger partial charge is 0.326 e. The number of hydrogen-bond donors (Lipinski definition) is 1. The van der Waals surface area contributed by atoms with Gasteiger partial charge in [0.2, 0.25) is 0 Å². The van der Waals surface area contributed by atoms with E-state index in [4.69, 9.17) is 5.73 Å². The molecule has 0 bridgehead atoms. The van der Waals surface area contributed by atoms with Crippen LogP contribution in [0, 0.1) is 5.82 Å². The average Bonchev–Trinajstić information content (AvgIpc) is 2.70. The van der Waals surface area contributed by atoms with Gasteiger partial charge in [-0.25, -0.2) is 4.39 Å². The van der Waals surface area contributed by atoms with Gasteiger partial charge < -0.3 is 5.73 Å². The Kier molecular flexibility index (Phi) is 5.17. The molecule has 1 unspecified atom stereocenters. The topological polar surface area (TPSA) is 29.3 Å². The standard InChI is InChI=1S/C17H27FN2/c1-17(2,20-11-5-3-4-6-12-20)16(19)13-14-7-9-15(18)10-8-14/h7-10,16H,3-6,11-13,19H2,1-2H3. The van der Waals surface area contributed by atoms with Crippen LogP contribution in [-0.2, 0) is 6.42 Å². The van der Waals surface area contributed by atoms with Crippen LogP contribution in [-0.4, -0.2) is 29.6 Å². The predicted molar refractivity (Wildman–Crippen MR) is 82.2 cm³/mol. The monoisotopic (exact) mass is 278 g/mol. The van der Waals surface area contributed by atoms with E-state index < -0.39 is 0 Å². The molecule has 3 heteroatoms. The average molecular weight is 278 g/mol. The van der Waals surface area contributed by atoms with Crippen LogP contribution in [0.4, 0.5) is 4.39 Å². The maximum atomic E-state index is 13.0. The van der Waals surface area contributed by atoms with Crippen LogP contribution >= 0.6 is 0 Å². The highest BCUT2D eigenvalue weighted by molar-refractivity contribution is 5.18. The normalized spacial score (nSPS) is 19.6. The number of benzene rings is 1. The van der Waals surface area contributed by atoms with Crippen LogP contribution in [0.3, 0.4) is 0 Å². The van der Waals surface area contributed by atoms with Crippen LogP contribution in [0.2, 0.25) is 0 Å². The number of nitrogens with two attached hydrogens (primary N) is 1. The third-order valence-corrected chi connectivity index (χ3v) is 4.70. The van der Waals surface area contributed by atoms with Crippen molar-refractivity contribution in [2.75, 3.05) is 13.1 Å². The molecule has 2 N–H and O–H groups in total. The highest BCUT2D eigenvalue weighted by Crippen LogP contribution is 2.24. The summed E-state index contributed by atoms with van der Waals surface area (Å²) in [4.78, 5) is 2.54. The van der Waals surface area contributed by atoms with Gasteiger partial charge in [-0.3, -0.25) is 4.90 Å². The number of nitrogens with zero attached hydrogens (tertiary/aromatic N) is 1. The summed E-state index contributed by atoms with van der Waals surface area (Å²) in [6, 6.07) is 6.77. The molecule has 2 nitrogen and oxygen atoms in total. The summed E-state index contributed by atoms with van der Waals surface area (Å²) in [7, 11) is 0. The molecule has 2 rings (SSSR count). The molecule has 0 saturated carbocycles. The lowest BCUT2D eigenvalue weighted by atomic mass is 9.88. The smallest absolute Gasteiger partial charge is 0.123 e. The Balaban J connectivity index is 2.01. The van der Waals surface area contributed by atoms with E-state index in [0.29, 0.717) is 0 Å². The minimum Gasteiger partial charge on any atom is -0.326 e. The fourth-order valence-electron chi connectivity index (χ4n) is 3.01. The van der Waals surface area contributed by atoms with Crippen LogP contribution in [0.25, 0.3) is 0 Å². The SMILES string of the molecule is CC(C)(C(N)Cc1ccc(F)cc1)N1CCCCCC1. The molecular weight excluding hydrogens is 251 g/mol. The first-order chi connectivity index (χ1) is 9.50. The number of hydrogen-bond acceptors (Lipinski definition) is 2. The maximum absolute atomic E-state index is 13.0. The Labute approximate surface area is 122 Å². The van der Waals surface area contributed by atoms with Crippen LogP contribution in [0.5, 0.6) is 0 Å². The summed E-state index contributed by atoms with van der Waals surface area (Å²) in [5.74, 6) is -0.186. The molecule has 1 aliphatic rings. The zero-order chi connectivity index (χ0) is 14.6. The highest BCUT2D eigenvalue weighted by Gasteiger charge is 2.33. The molecular formula is C17H27FN2. The molecule has 1 aromatic rings. The van der Waals surface area contributed by atoms with Crippen molar-refractivity contribution >= 4 is 0 Å². The second kappa shape index (κ2) is 6.68. The molecule has 1 fully saturated rings. The fraction of sp³-hybridized carbons (Fsp3) is 0.647. The van der Waals surface area contributed by atoms with Crippen molar-refractivity contribution in [3.05, 3.63) is 35.6 Å². The zero-order valence-electron chi connectivity index (χ0n) is 12.7. The van der Waals surface area contributed by atoms with Gasteiger partial charge in [0, 0.05) is 11.6 Å². The van der Waals surface area contributed by atoms with Gasteiger partial charge in [-0.2, -0.15) is 0 Å². The Morgan fingerprint density at radius 2 is 1.65 bits per heavy atom. The van der Waals surface area contributed by atoms with E-state index in [1.165, 1.54) is 37.8 Å². The second-order valence-electron chi connectivity index (χ2n) is 6.49. The number of halogens is 1. The molecule has 1 atom stereocenters. The van der Waals surface area contributed by atoms with Crippen molar-refractivity contribution in [3.63, 3.8) is 0 Å². The molecule has 0 spiro atoms. The first-order valence-corrected chi connectivity index (χ1v) is 7.75. The van der Waals surface area contributed by atoms with E-state index in [2.05, 4.69) is 18.7 Å². The third kappa shape index (κ3) is 3.80. The van der Waals surface area contributed by atoms with Crippen molar-refractivity contribution in [1.82, 2.24) is 4.90 Å². The van der Waals surface area contributed by atoms with Gasteiger partial charge in [0.25, 0.3) is 0 Å². The maximum Gasteiger partial charge on any atom is 0.123 e. The van der Waals surface area contributed by atoms with E-state index in [9.17, 15) is 4.39 Å². The number of likely N-dealkylation sites (tertiary alicyclic amines) is 1. The molecule has 1 aromatic carbocycles. The summed E-state index contributed by atoms with van der Waals surface area (Å²) in [6.07, 6.45) is 6.00. The van der Waals surface area contributed by atoms with Crippen LogP contribution < -0.4 is 5.73 Å². The zero-order valence-corrected chi connectivity index (χ0v) is 12.7. The van der Waals surface area contributed by atoms with Gasteiger partial charge in [-0.15, -0.1) is 0 Å². The van der Waals surface area contributed by atoms with Crippen LogP contribution in [0.15, 0.2) is 24.3 Å². The molecule has 1 aliphatic heterocycles.